The maximum Gasteiger partial charge on any atom is 0.237 e. The van der Waals surface area contributed by atoms with Crippen molar-refractivity contribution < 1.29 is 18.3 Å². The van der Waals surface area contributed by atoms with Gasteiger partial charge in [0.2, 0.25) is 5.91 Å². The van der Waals surface area contributed by atoms with Crippen molar-refractivity contribution in [2.75, 3.05) is 12.4 Å². The molecule has 0 saturated carbocycles. The summed E-state index contributed by atoms with van der Waals surface area (Å²) in [7, 11) is 1.56. The summed E-state index contributed by atoms with van der Waals surface area (Å²) in [5.41, 5.74) is -0.164. The van der Waals surface area contributed by atoms with Gasteiger partial charge in [-0.15, -0.1) is 11.8 Å². The largest absolute Gasteiger partial charge is 0.497 e. The highest BCUT2D eigenvalue weighted by atomic mass is 32.2. The van der Waals surface area contributed by atoms with Gasteiger partial charge >= 0.3 is 0 Å². The summed E-state index contributed by atoms with van der Waals surface area (Å²) in [4.78, 5) is 12.9. The smallest absolute Gasteiger partial charge is 0.237 e. The third kappa shape index (κ3) is 4.21. The Labute approximate surface area is 131 Å². The van der Waals surface area contributed by atoms with Gasteiger partial charge in [0.05, 0.1) is 18.0 Å². The van der Waals surface area contributed by atoms with E-state index in [1.807, 2.05) is 12.1 Å². The molecule has 0 saturated heterocycles. The highest BCUT2D eigenvalue weighted by molar-refractivity contribution is 8.00. The number of nitrogens with one attached hydrogen (secondary N) is 1. The van der Waals surface area contributed by atoms with Crippen molar-refractivity contribution in [2.24, 2.45) is 0 Å². The zero-order valence-corrected chi connectivity index (χ0v) is 12.9. The summed E-state index contributed by atoms with van der Waals surface area (Å²) >= 11 is 1.30. The maximum atomic E-state index is 13.5. The number of rotatable bonds is 5. The van der Waals surface area contributed by atoms with E-state index in [9.17, 15) is 13.6 Å². The van der Waals surface area contributed by atoms with Crippen LogP contribution in [0.25, 0.3) is 0 Å². The predicted molar refractivity (Wildman–Crippen MR) is 83.3 cm³/mol. The van der Waals surface area contributed by atoms with Crippen LogP contribution in [0.5, 0.6) is 5.75 Å². The number of hydrogen-bond donors (Lipinski definition) is 1. The summed E-state index contributed by atoms with van der Waals surface area (Å²) in [6, 6.07) is 10.2. The van der Waals surface area contributed by atoms with Crippen LogP contribution in [-0.2, 0) is 4.79 Å². The zero-order valence-electron chi connectivity index (χ0n) is 12.1. The molecule has 22 heavy (non-hydrogen) atoms. The number of amides is 1. The highest BCUT2D eigenvalue weighted by Crippen LogP contribution is 2.27. The number of thioether (sulfide) groups is 1. The molecule has 0 aromatic heterocycles. The van der Waals surface area contributed by atoms with Crippen molar-refractivity contribution in [1.82, 2.24) is 0 Å². The van der Waals surface area contributed by atoms with E-state index < -0.39 is 22.8 Å². The van der Waals surface area contributed by atoms with Crippen LogP contribution in [0.3, 0.4) is 0 Å². The number of halogens is 2. The lowest BCUT2D eigenvalue weighted by atomic mass is 10.3. The molecule has 6 heteroatoms. The quantitative estimate of drug-likeness (QED) is 0.842. The lowest BCUT2D eigenvalue weighted by Gasteiger charge is -2.13. The molecule has 0 aliphatic rings. The van der Waals surface area contributed by atoms with Crippen molar-refractivity contribution in [3.05, 3.63) is 54.1 Å². The summed E-state index contributed by atoms with van der Waals surface area (Å²) in [5.74, 6) is -0.996. The Bertz CT molecular complexity index is 679. The minimum Gasteiger partial charge on any atom is -0.497 e. The Kier molecular flexibility index (Phi) is 5.38. The van der Waals surface area contributed by atoms with Crippen LogP contribution in [0, 0.1) is 11.6 Å². The van der Waals surface area contributed by atoms with E-state index >= 15 is 0 Å². The van der Waals surface area contributed by atoms with E-state index in [2.05, 4.69) is 5.32 Å². The minimum absolute atomic E-state index is 0.164. The zero-order chi connectivity index (χ0) is 16.1. The van der Waals surface area contributed by atoms with Crippen molar-refractivity contribution in [1.29, 1.82) is 0 Å². The van der Waals surface area contributed by atoms with Gasteiger partial charge in [-0.2, -0.15) is 0 Å². The monoisotopic (exact) mass is 323 g/mol. The Morgan fingerprint density at radius 3 is 2.73 bits per heavy atom. The van der Waals surface area contributed by atoms with Crippen LogP contribution in [-0.4, -0.2) is 18.3 Å². The summed E-state index contributed by atoms with van der Waals surface area (Å²) < 4.78 is 31.7. The Morgan fingerprint density at radius 2 is 2.00 bits per heavy atom. The van der Waals surface area contributed by atoms with E-state index in [0.29, 0.717) is 5.75 Å². The number of ether oxygens (including phenoxy) is 1. The molecule has 1 unspecified atom stereocenters. The average molecular weight is 323 g/mol. The second-order valence-corrected chi connectivity index (χ2v) is 5.97. The first kappa shape index (κ1) is 16.3. The van der Waals surface area contributed by atoms with Gasteiger partial charge in [0.15, 0.2) is 0 Å². The number of carbonyl (C=O) groups is 1. The number of benzene rings is 2. The third-order valence-electron chi connectivity index (χ3n) is 2.91. The Balaban J connectivity index is 2.04. The molecule has 0 aliphatic carbocycles. The topological polar surface area (TPSA) is 38.3 Å². The molecule has 0 fully saturated rings. The molecule has 0 spiro atoms. The van der Waals surface area contributed by atoms with Gasteiger partial charge in [0.1, 0.15) is 17.4 Å². The SMILES string of the molecule is COc1cccc(SC(C)C(=O)Nc2cc(F)ccc2F)c1. The first-order valence-corrected chi connectivity index (χ1v) is 7.44. The first-order chi connectivity index (χ1) is 10.5. The molecule has 1 atom stereocenters. The lowest BCUT2D eigenvalue weighted by Crippen LogP contribution is -2.23. The van der Waals surface area contributed by atoms with Crippen LogP contribution in [0.2, 0.25) is 0 Å². The van der Waals surface area contributed by atoms with Crippen LogP contribution in [0.4, 0.5) is 14.5 Å². The molecule has 3 nitrogen and oxygen atoms in total. The van der Waals surface area contributed by atoms with Crippen molar-refractivity contribution in [3.8, 4) is 5.75 Å². The van der Waals surface area contributed by atoms with E-state index in [4.69, 9.17) is 4.74 Å². The molecule has 0 heterocycles. The molecule has 116 valence electrons. The lowest BCUT2D eigenvalue weighted by molar-refractivity contribution is -0.115. The number of hydrogen-bond acceptors (Lipinski definition) is 3. The summed E-state index contributed by atoms with van der Waals surface area (Å²) in [6.45, 7) is 1.69. The Hall–Kier alpha value is -2.08. The van der Waals surface area contributed by atoms with Crippen molar-refractivity contribution in [3.63, 3.8) is 0 Å². The molecule has 0 aliphatic heterocycles. The fourth-order valence-electron chi connectivity index (χ4n) is 1.76. The molecular formula is C16H15F2NO2S. The second kappa shape index (κ2) is 7.26. The standard InChI is InChI=1S/C16H15F2NO2S/c1-10(22-13-5-3-4-12(9-13)21-2)16(20)19-15-8-11(17)6-7-14(15)18/h3-10H,1-2H3,(H,19,20). The molecule has 1 amide bonds. The molecular weight excluding hydrogens is 308 g/mol. The van der Waals surface area contributed by atoms with E-state index in [1.165, 1.54) is 11.8 Å². The van der Waals surface area contributed by atoms with Gasteiger partial charge in [-0.1, -0.05) is 6.07 Å². The van der Waals surface area contributed by atoms with Crippen LogP contribution >= 0.6 is 11.8 Å². The maximum absolute atomic E-state index is 13.5. The van der Waals surface area contributed by atoms with E-state index in [-0.39, 0.29) is 5.69 Å². The van der Waals surface area contributed by atoms with Crippen molar-refractivity contribution in [2.45, 2.75) is 17.1 Å². The molecule has 2 rings (SSSR count). The van der Waals surface area contributed by atoms with Gasteiger partial charge in [0.25, 0.3) is 0 Å². The van der Waals surface area contributed by atoms with Crippen LogP contribution in [0.1, 0.15) is 6.92 Å². The van der Waals surface area contributed by atoms with E-state index in [0.717, 1.165) is 23.1 Å². The van der Waals surface area contributed by atoms with Crippen molar-refractivity contribution >= 4 is 23.4 Å². The average Bonchev–Trinajstić information content (AvgIpc) is 2.51. The molecule has 2 aromatic rings. The minimum atomic E-state index is -0.673. The van der Waals surface area contributed by atoms with Gasteiger partial charge in [-0.3, -0.25) is 4.79 Å². The fraction of sp³-hybridized carbons (Fsp3) is 0.188. The van der Waals surface area contributed by atoms with E-state index in [1.54, 1.807) is 26.2 Å². The van der Waals surface area contributed by atoms with Gasteiger partial charge in [0, 0.05) is 11.0 Å². The van der Waals surface area contributed by atoms with Gasteiger partial charge in [-0.25, -0.2) is 8.78 Å². The van der Waals surface area contributed by atoms with Gasteiger partial charge in [-0.05, 0) is 37.3 Å². The molecule has 0 bridgehead atoms. The molecule has 0 radical (unpaired) electrons. The number of methoxy groups -OCH3 is 1. The van der Waals surface area contributed by atoms with Gasteiger partial charge < -0.3 is 10.1 Å². The van der Waals surface area contributed by atoms with Crippen LogP contribution in [0.15, 0.2) is 47.4 Å². The normalized spacial score (nSPS) is 11.8. The van der Waals surface area contributed by atoms with Crippen LogP contribution < -0.4 is 10.1 Å². The molecule has 1 N–H and O–H groups in total. The second-order valence-electron chi connectivity index (χ2n) is 4.55. The number of carbonyl (C=O) groups excluding carboxylic acids is 1. The predicted octanol–water partition coefficient (Wildman–Crippen LogP) is 4.09. The Morgan fingerprint density at radius 1 is 1.23 bits per heavy atom. The third-order valence-corrected chi connectivity index (χ3v) is 4.00. The molecule has 2 aromatic carbocycles. The number of anilines is 1. The first-order valence-electron chi connectivity index (χ1n) is 6.56. The summed E-state index contributed by atoms with van der Waals surface area (Å²) in [6.07, 6.45) is 0. The fourth-order valence-corrected chi connectivity index (χ4v) is 2.68. The summed E-state index contributed by atoms with van der Waals surface area (Å²) in [5, 5.41) is 1.92. The highest BCUT2D eigenvalue weighted by Gasteiger charge is 2.16.